The summed E-state index contributed by atoms with van der Waals surface area (Å²) < 4.78 is 16.4. The molecule has 8 heteroatoms. The Labute approximate surface area is 281 Å². The van der Waals surface area contributed by atoms with Crippen molar-refractivity contribution in [3.63, 3.8) is 0 Å². The molecule has 0 saturated heterocycles. The van der Waals surface area contributed by atoms with E-state index in [2.05, 4.69) is 20.8 Å². The van der Waals surface area contributed by atoms with Crippen LogP contribution in [-0.2, 0) is 33.4 Å². The third-order valence-electron chi connectivity index (χ3n) is 8.62. The molecule has 0 aliphatic rings. The highest BCUT2D eigenvalue weighted by Gasteiger charge is 2.39. The second-order valence-corrected chi connectivity index (χ2v) is 13.0. The summed E-state index contributed by atoms with van der Waals surface area (Å²) in [7, 11) is 0. The van der Waals surface area contributed by atoms with E-state index >= 15 is 0 Å². The first-order valence-corrected chi connectivity index (χ1v) is 19.1. The van der Waals surface area contributed by atoms with E-state index in [4.69, 9.17) is 14.2 Å². The van der Waals surface area contributed by atoms with Crippen molar-refractivity contribution in [1.82, 2.24) is 0 Å². The summed E-state index contributed by atoms with van der Waals surface area (Å²) >= 11 is 0. The van der Waals surface area contributed by atoms with Crippen LogP contribution in [0.1, 0.15) is 188 Å². The lowest BCUT2D eigenvalue weighted by Crippen LogP contribution is -2.36. The molecule has 2 atom stereocenters. The topological polar surface area (TPSA) is 116 Å². The number of aliphatic carboxylic acids is 1. The second-order valence-electron chi connectivity index (χ2n) is 13.0. The third kappa shape index (κ3) is 27.0. The number of rotatable bonds is 34. The van der Waals surface area contributed by atoms with Gasteiger partial charge in [0.2, 0.25) is 0 Å². The maximum atomic E-state index is 13.2. The van der Waals surface area contributed by atoms with E-state index in [9.17, 15) is 24.3 Å². The lowest BCUT2D eigenvalue weighted by molar-refractivity contribution is -0.166. The normalized spacial score (nSPS) is 12.4. The zero-order valence-corrected chi connectivity index (χ0v) is 30.0. The van der Waals surface area contributed by atoms with Gasteiger partial charge in [-0.1, -0.05) is 156 Å². The fourth-order valence-corrected chi connectivity index (χ4v) is 5.66. The van der Waals surface area contributed by atoms with Gasteiger partial charge < -0.3 is 19.3 Å². The van der Waals surface area contributed by atoms with Gasteiger partial charge >= 0.3 is 23.9 Å². The molecule has 0 aliphatic carbocycles. The van der Waals surface area contributed by atoms with Gasteiger partial charge in [0.1, 0.15) is 0 Å². The minimum atomic E-state index is -1.31. The Bertz CT molecular complexity index is 753. The van der Waals surface area contributed by atoms with Gasteiger partial charge in [-0.3, -0.25) is 19.2 Å². The van der Waals surface area contributed by atoms with Crippen molar-refractivity contribution in [3.05, 3.63) is 0 Å². The molecule has 46 heavy (non-hydrogen) atoms. The van der Waals surface area contributed by atoms with Crippen molar-refractivity contribution in [2.24, 2.45) is 11.8 Å². The number of esters is 3. The molecule has 0 rings (SSSR count). The van der Waals surface area contributed by atoms with Crippen molar-refractivity contribution in [2.45, 2.75) is 188 Å². The van der Waals surface area contributed by atoms with E-state index in [1.54, 1.807) is 0 Å². The Kier molecular flexibility index (Phi) is 31.3. The summed E-state index contributed by atoms with van der Waals surface area (Å²) in [4.78, 5) is 50.9. The van der Waals surface area contributed by atoms with Gasteiger partial charge in [-0.15, -0.1) is 0 Å². The minimum Gasteiger partial charge on any atom is -0.481 e. The van der Waals surface area contributed by atoms with Gasteiger partial charge in [-0.2, -0.15) is 0 Å². The first kappa shape index (κ1) is 43.9. The van der Waals surface area contributed by atoms with Gasteiger partial charge in [0.05, 0.1) is 44.5 Å². The van der Waals surface area contributed by atoms with E-state index in [0.717, 1.165) is 57.8 Å². The molecule has 0 amide bonds. The molecule has 0 aromatic heterocycles. The van der Waals surface area contributed by atoms with Crippen LogP contribution in [0.3, 0.4) is 0 Å². The van der Waals surface area contributed by atoms with E-state index in [0.29, 0.717) is 12.8 Å². The fraction of sp³-hybridized carbons (Fsp3) is 0.895. The van der Waals surface area contributed by atoms with Crippen molar-refractivity contribution in [1.29, 1.82) is 0 Å². The predicted octanol–water partition coefficient (Wildman–Crippen LogP) is 10.1. The number of carboxylic acids is 1. The molecule has 0 bridgehead atoms. The Morgan fingerprint density at radius 3 is 1.02 bits per heavy atom. The molecular weight excluding hydrogens is 584 g/mol. The van der Waals surface area contributed by atoms with Gasteiger partial charge in [0.25, 0.3) is 0 Å². The highest BCUT2D eigenvalue weighted by atomic mass is 16.5. The van der Waals surface area contributed by atoms with Gasteiger partial charge in [-0.25, -0.2) is 0 Å². The Morgan fingerprint density at radius 1 is 0.413 bits per heavy atom. The first-order valence-electron chi connectivity index (χ1n) is 19.1. The van der Waals surface area contributed by atoms with Crippen LogP contribution in [0, 0.1) is 11.8 Å². The number of unbranched alkanes of at least 4 members (excludes halogenated alkanes) is 21. The molecule has 270 valence electrons. The van der Waals surface area contributed by atoms with Gasteiger partial charge in [-0.05, 0) is 19.3 Å². The highest BCUT2D eigenvalue weighted by Crippen LogP contribution is 2.25. The van der Waals surface area contributed by atoms with Crippen LogP contribution in [0.25, 0.3) is 0 Å². The van der Waals surface area contributed by atoms with Crippen LogP contribution in [0.4, 0.5) is 0 Å². The number of carbonyl (C=O) groups excluding carboxylic acids is 3. The summed E-state index contributed by atoms with van der Waals surface area (Å²) in [6, 6.07) is 0. The fourth-order valence-electron chi connectivity index (χ4n) is 5.66. The van der Waals surface area contributed by atoms with Crippen LogP contribution in [0.5, 0.6) is 0 Å². The van der Waals surface area contributed by atoms with Gasteiger partial charge in [0.15, 0.2) is 0 Å². The van der Waals surface area contributed by atoms with E-state index in [-0.39, 0.29) is 19.8 Å². The Balaban J connectivity index is 5.00. The SMILES string of the molecule is CCCCCCCCCCOC(=O)CC(C(=O)OCCCCCCCCCC)C(CC(=O)O)C(=O)OCCCCCCCCCC. The van der Waals surface area contributed by atoms with Crippen LogP contribution in [0.15, 0.2) is 0 Å². The van der Waals surface area contributed by atoms with Gasteiger partial charge in [0, 0.05) is 0 Å². The predicted molar refractivity (Wildman–Crippen MR) is 185 cm³/mol. The Morgan fingerprint density at radius 2 is 0.696 bits per heavy atom. The second kappa shape index (κ2) is 32.8. The lowest BCUT2D eigenvalue weighted by Gasteiger charge is -2.23. The first-order chi connectivity index (χ1) is 22.4. The van der Waals surface area contributed by atoms with Crippen LogP contribution in [0.2, 0.25) is 0 Å². The Hall–Kier alpha value is -2.12. The average molecular weight is 655 g/mol. The molecule has 1 N–H and O–H groups in total. The van der Waals surface area contributed by atoms with Crippen LogP contribution < -0.4 is 0 Å². The minimum absolute atomic E-state index is 0.160. The molecule has 2 unspecified atom stereocenters. The molecule has 0 fully saturated rings. The molecule has 0 aromatic rings. The summed E-state index contributed by atoms with van der Waals surface area (Å²) in [6.07, 6.45) is 25.2. The summed E-state index contributed by atoms with van der Waals surface area (Å²) in [5.41, 5.74) is 0. The number of hydrogen-bond acceptors (Lipinski definition) is 7. The standard InChI is InChI=1S/C38H70O8/c1-4-7-10-13-16-19-22-25-28-44-36(41)32-34(38(43)46-30-27-24-21-18-15-12-9-6-3)33(31-35(39)40)37(42)45-29-26-23-20-17-14-11-8-5-2/h33-34H,4-32H2,1-3H3,(H,39,40). The molecule has 0 spiro atoms. The maximum Gasteiger partial charge on any atom is 0.310 e. The quantitative estimate of drug-likeness (QED) is 0.0414. The molecule has 8 nitrogen and oxygen atoms in total. The van der Waals surface area contributed by atoms with Crippen LogP contribution in [-0.4, -0.2) is 48.8 Å². The van der Waals surface area contributed by atoms with Crippen molar-refractivity contribution >= 4 is 23.9 Å². The smallest absolute Gasteiger partial charge is 0.310 e. The summed E-state index contributed by atoms with van der Waals surface area (Å²) in [5, 5.41) is 9.59. The zero-order chi connectivity index (χ0) is 34.1. The van der Waals surface area contributed by atoms with Crippen LogP contribution >= 0.6 is 0 Å². The zero-order valence-electron chi connectivity index (χ0n) is 30.0. The molecule has 0 radical (unpaired) electrons. The summed E-state index contributed by atoms with van der Waals surface area (Å²) in [5.74, 6) is -5.93. The summed E-state index contributed by atoms with van der Waals surface area (Å²) in [6.45, 7) is 7.14. The number of carbonyl (C=O) groups is 4. The average Bonchev–Trinajstić information content (AvgIpc) is 3.03. The molecule has 0 heterocycles. The van der Waals surface area contributed by atoms with E-state index < -0.39 is 48.6 Å². The van der Waals surface area contributed by atoms with E-state index in [1.165, 1.54) is 83.5 Å². The van der Waals surface area contributed by atoms with E-state index in [1.807, 2.05) is 0 Å². The maximum absolute atomic E-state index is 13.2. The number of carboxylic acid groups (broad SMARTS) is 1. The highest BCUT2D eigenvalue weighted by molar-refractivity contribution is 5.88. The third-order valence-corrected chi connectivity index (χ3v) is 8.62. The molecule has 0 aromatic carbocycles. The molecule has 0 saturated carbocycles. The lowest BCUT2D eigenvalue weighted by atomic mass is 9.86. The number of ether oxygens (including phenoxy) is 3. The van der Waals surface area contributed by atoms with Crippen molar-refractivity contribution in [3.8, 4) is 0 Å². The molecule has 0 aliphatic heterocycles. The largest absolute Gasteiger partial charge is 0.481 e. The van der Waals surface area contributed by atoms with Crippen molar-refractivity contribution < 1.29 is 38.5 Å². The molecular formula is C38H70O8. The monoisotopic (exact) mass is 655 g/mol. The number of hydrogen-bond donors (Lipinski definition) is 1. The van der Waals surface area contributed by atoms with Crippen molar-refractivity contribution in [2.75, 3.05) is 19.8 Å².